The Hall–Kier alpha value is -2.74. The van der Waals surface area contributed by atoms with Gasteiger partial charge in [-0.05, 0) is 29.8 Å². The van der Waals surface area contributed by atoms with Gasteiger partial charge in [-0.2, -0.15) is 0 Å². The van der Waals surface area contributed by atoms with Crippen molar-refractivity contribution in [2.24, 2.45) is 4.99 Å². The molecule has 2 N–H and O–H groups in total. The average molecular weight is 375 g/mol. The lowest BCUT2D eigenvalue weighted by atomic mass is 10.2. The van der Waals surface area contributed by atoms with E-state index in [0.29, 0.717) is 5.17 Å². The predicted molar refractivity (Wildman–Crippen MR) is 96.7 cm³/mol. The quantitative estimate of drug-likeness (QED) is 0.844. The van der Waals surface area contributed by atoms with E-state index in [0.717, 1.165) is 17.3 Å². The molecule has 3 rings (SSSR count). The van der Waals surface area contributed by atoms with Crippen molar-refractivity contribution < 1.29 is 18.4 Å². The maximum absolute atomic E-state index is 13.5. The summed E-state index contributed by atoms with van der Waals surface area (Å²) < 4.78 is 26.4. The molecule has 2 amide bonds. The van der Waals surface area contributed by atoms with Gasteiger partial charge in [-0.15, -0.1) is 0 Å². The van der Waals surface area contributed by atoms with Gasteiger partial charge in [-0.3, -0.25) is 14.6 Å². The Kier molecular flexibility index (Phi) is 5.62. The number of carbonyl (C=O) groups is 2. The average Bonchev–Trinajstić information content (AvgIpc) is 2.96. The number of rotatable bonds is 5. The van der Waals surface area contributed by atoms with Gasteiger partial charge in [0.1, 0.15) is 16.9 Å². The molecule has 0 saturated carbocycles. The maximum atomic E-state index is 13.5. The summed E-state index contributed by atoms with van der Waals surface area (Å²) in [5.74, 6) is -1.64. The molecule has 1 aliphatic rings. The molecule has 8 heteroatoms. The zero-order valence-corrected chi connectivity index (χ0v) is 14.4. The minimum Gasteiger partial charge on any atom is -0.324 e. The Balaban J connectivity index is 1.55. The second-order valence-corrected chi connectivity index (χ2v) is 6.77. The number of nitrogens with zero attached hydrogens (tertiary/aromatic N) is 1. The number of thioether (sulfide) groups is 1. The van der Waals surface area contributed by atoms with Gasteiger partial charge in [0.05, 0.1) is 12.2 Å². The lowest BCUT2D eigenvalue weighted by Crippen LogP contribution is -2.28. The third kappa shape index (κ3) is 4.66. The molecule has 1 atom stereocenters. The smallest absolute Gasteiger partial charge is 0.240 e. The van der Waals surface area contributed by atoms with E-state index in [1.54, 1.807) is 18.2 Å². The number of para-hydroxylation sites is 1. The van der Waals surface area contributed by atoms with Crippen LogP contribution in [-0.2, 0) is 16.1 Å². The number of nitrogens with one attached hydrogen (secondary N) is 2. The third-order valence-corrected chi connectivity index (χ3v) is 4.73. The number of anilines is 1. The molecule has 2 aromatic rings. The molecule has 0 bridgehead atoms. The Bertz CT molecular complexity index is 856. The van der Waals surface area contributed by atoms with Crippen LogP contribution in [0.15, 0.2) is 53.5 Å². The van der Waals surface area contributed by atoms with Gasteiger partial charge < -0.3 is 10.6 Å². The molecular weight excluding hydrogens is 360 g/mol. The number of amidine groups is 1. The van der Waals surface area contributed by atoms with Gasteiger partial charge in [-0.25, -0.2) is 8.78 Å². The van der Waals surface area contributed by atoms with Crippen LogP contribution in [0, 0.1) is 11.6 Å². The van der Waals surface area contributed by atoms with Crippen LogP contribution < -0.4 is 10.6 Å². The highest BCUT2D eigenvalue weighted by Gasteiger charge is 2.32. The molecule has 0 aliphatic carbocycles. The number of amides is 2. The number of halogens is 2. The zero-order valence-electron chi connectivity index (χ0n) is 13.5. The van der Waals surface area contributed by atoms with Crippen LogP contribution in [0.3, 0.4) is 0 Å². The first-order valence-corrected chi connectivity index (χ1v) is 8.70. The molecule has 134 valence electrons. The Morgan fingerprint density at radius 1 is 1.15 bits per heavy atom. The highest BCUT2D eigenvalue weighted by atomic mass is 32.2. The van der Waals surface area contributed by atoms with Crippen molar-refractivity contribution in [2.45, 2.75) is 18.2 Å². The normalized spacial score (nSPS) is 18.0. The van der Waals surface area contributed by atoms with Crippen LogP contribution in [0.25, 0.3) is 0 Å². The Morgan fingerprint density at radius 2 is 1.88 bits per heavy atom. The Morgan fingerprint density at radius 3 is 2.62 bits per heavy atom. The van der Waals surface area contributed by atoms with E-state index in [1.165, 1.54) is 30.3 Å². The van der Waals surface area contributed by atoms with E-state index >= 15 is 0 Å². The number of carbonyl (C=O) groups excluding carboxylic acids is 2. The number of aliphatic imine (C=N–C) groups is 1. The molecule has 26 heavy (non-hydrogen) atoms. The summed E-state index contributed by atoms with van der Waals surface area (Å²) >= 11 is 1.14. The van der Waals surface area contributed by atoms with Crippen LogP contribution in [0.2, 0.25) is 0 Å². The number of hydrogen-bond acceptors (Lipinski definition) is 4. The van der Waals surface area contributed by atoms with E-state index in [2.05, 4.69) is 15.6 Å². The summed E-state index contributed by atoms with van der Waals surface area (Å²) in [7, 11) is 0. The molecule has 2 aromatic carbocycles. The number of hydrogen-bond donors (Lipinski definition) is 2. The summed E-state index contributed by atoms with van der Waals surface area (Å²) in [4.78, 5) is 28.3. The molecule has 0 aromatic heterocycles. The summed E-state index contributed by atoms with van der Waals surface area (Å²) in [6.45, 7) is 0.289. The van der Waals surface area contributed by atoms with Crippen LogP contribution in [-0.4, -0.2) is 22.2 Å². The van der Waals surface area contributed by atoms with E-state index in [4.69, 9.17) is 0 Å². The standard InChI is InChI=1S/C18H15F2N3O2S/c19-12-7-5-11(6-8-12)10-21-18-23-17(25)15(26-18)9-16(24)22-14-4-2-1-3-13(14)20/h1-8,15H,9-10H2,(H,22,24)(H,21,23,25)/t15-/m0/s1. The zero-order chi connectivity index (χ0) is 18.5. The molecular formula is C18H15F2N3O2S. The van der Waals surface area contributed by atoms with Crippen molar-refractivity contribution in [3.05, 3.63) is 65.7 Å². The first-order valence-electron chi connectivity index (χ1n) is 7.82. The highest BCUT2D eigenvalue weighted by molar-refractivity contribution is 8.15. The molecule has 1 aliphatic heterocycles. The topological polar surface area (TPSA) is 70.6 Å². The molecule has 0 spiro atoms. The first-order chi connectivity index (χ1) is 12.5. The van der Waals surface area contributed by atoms with Crippen LogP contribution >= 0.6 is 11.8 Å². The predicted octanol–water partition coefficient (Wildman–Crippen LogP) is 3.08. The van der Waals surface area contributed by atoms with Crippen molar-refractivity contribution >= 4 is 34.4 Å². The van der Waals surface area contributed by atoms with Gasteiger partial charge in [-0.1, -0.05) is 36.0 Å². The number of benzene rings is 2. The van der Waals surface area contributed by atoms with Gasteiger partial charge in [0.15, 0.2) is 5.17 Å². The molecule has 0 unspecified atom stereocenters. The van der Waals surface area contributed by atoms with Gasteiger partial charge >= 0.3 is 0 Å². The fourth-order valence-corrected chi connectivity index (χ4v) is 3.27. The van der Waals surface area contributed by atoms with E-state index < -0.39 is 17.0 Å². The fraction of sp³-hybridized carbons (Fsp3) is 0.167. The van der Waals surface area contributed by atoms with Crippen molar-refractivity contribution in [1.29, 1.82) is 0 Å². The minimum atomic E-state index is -0.631. The van der Waals surface area contributed by atoms with Crippen molar-refractivity contribution in [1.82, 2.24) is 5.32 Å². The summed E-state index contributed by atoms with van der Waals surface area (Å²) in [6.07, 6.45) is -0.0968. The van der Waals surface area contributed by atoms with Crippen molar-refractivity contribution in [3.63, 3.8) is 0 Å². The summed E-state index contributed by atoms with van der Waals surface area (Å²) in [6, 6.07) is 11.7. The van der Waals surface area contributed by atoms with E-state index in [1.807, 2.05) is 0 Å². The molecule has 1 saturated heterocycles. The molecule has 1 heterocycles. The van der Waals surface area contributed by atoms with Crippen molar-refractivity contribution in [2.75, 3.05) is 5.32 Å². The van der Waals surface area contributed by atoms with E-state index in [-0.39, 0.29) is 30.4 Å². The van der Waals surface area contributed by atoms with Gasteiger partial charge in [0, 0.05) is 6.42 Å². The van der Waals surface area contributed by atoms with Gasteiger partial charge in [0.2, 0.25) is 11.8 Å². The largest absolute Gasteiger partial charge is 0.324 e. The first kappa shape index (κ1) is 18.1. The Labute approximate surface area is 152 Å². The van der Waals surface area contributed by atoms with Crippen LogP contribution in [0.4, 0.5) is 14.5 Å². The second-order valence-electron chi connectivity index (χ2n) is 5.58. The second kappa shape index (κ2) is 8.09. The van der Waals surface area contributed by atoms with Crippen LogP contribution in [0.5, 0.6) is 0 Å². The maximum Gasteiger partial charge on any atom is 0.240 e. The molecule has 5 nitrogen and oxygen atoms in total. The van der Waals surface area contributed by atoms with Crippen molar-refractivity contribution in [3.8, 4) is 0 Å². The third-order valence-electron chi connectivity index (χ3n) is 3.61. The molecule has 1 fully saturated rings. The summed E-state index contributed by atoms with van der Waals surface area (Å²) in [5.41, 5.74) is 0.876. The van der Waals surface area contributed by atoms with Gasteiger partial charge in [0.25, 0.3) is 0 Å². The lowest BCUT2D eigenvalue weighted by Gasteiger charge is -2.08. The summed E-state index contributed by atoms with van der Waals surface area (Å²) in [5, 5.41) is 4.84. The SMILES string of the molecule is O=C(C[C@@H]1SC(=NCc2ccc(F)cc2)NC1=O)Nc1ccccc1F. The minimum absolute atomic E-state index is 0.0751. The van der Waals surface area contributed by atoms with E-state index in [9.17, 15) is 18.4 Å². The highest BCUT2D eigenvalue weighted by Crippen LogP contribution is 2.24. The molecule has 0 radical (unpaired) electrons. The fourth-order valence-electron chi connectivity index (χ4n) is 2.30. The van der Waals surface area contributed by atoms with Crippen LogP contribution in [0.1, 0.15) is 12.0 Å². The lowest BCUT2D eigenvalue weighted by molar-refractivity contribution is -0.122. The monoisotopic (exact) mass is 375 g/mol.